The smallest absolute Gasteiger partial charge is 0.311 e. The van der Waals surface area contributed by atoms with Gasteiger partial charge >= 0.3 is 5.97 Å². The maximum absolute atomic E-state index is 11.8. The fourth-order valence-electron chi connectivity index (χ4n) is 1.81. The van der Waals surface area contributed by atoms with E-state index < -0.39 is 5.97 Å². The molecule has 110 valence electrons. The van der Waals surface area contributed by atoms with Crippen molar-refractivity contribution in [2.75, 3.05) is 11.9 Å². The first-order chi connectivity index (χ1) is 10.0. The van der Waals surface area contributed by atoms with Gasteiger partial charge in [-0.1, -0.05) is 18.2 Å². The van der Waals surface area contributed by atoms with Gasteiger partial charge < -0.3 is 10.1 Å². The number of thiophene rings is 1. The molecule has 1 N–H and O–H groups in total. The predicted molar refractivity (Wildman–Crippen MR) is 83.5 cm³/mol. The molecule has 0 bridgehead atoms. The normalized spacial score (nSPS) is 10.2. The molecule has 2 aromatic rings. The number of carbonyl (C=O) groups excluding carboxylic acids is 2. The third kappa shape index (κ3) is 4.72. The minimum atomic E-state index is -0.395. The second kappa shape index (κ2) is 7.04. The van der Waals surface area contributed by atoms with Gasteiger partial charge in [0.25, 0.3) is 5.91 Å². The molecule has 2 rings (SSSR count). The highest BCUT2D eigenvalue weighted by atomic mass is 32.1. The number of rotatable bonds is 5. The molecule has 0 atom stereocenters. The molecule has 0 saturated heterocycles. The van der Waals surface area contributed by atoms with Crippen LogP contribution in [-0.4, -0.2) is 18.5 Å². The van der Waals surface area contributed by atoms with Crippen molar-refractivity contribution >= 4 is 28.9 Å². The van der Waals surface area contributed by atoms with Gasteiger partial charge in [0.05, 0.1) is 6.42 Å². The Morgan fingerprint density at radius 1 is 1.24 bits per heavy atom. The van der Waals surface area contributed by atoms with Crippen LogP contribution in [0.2, 0.25) is 0 Å². The lowest BCUT2D eigenvalue weighted by molar-refractivity contribution is -0.146. The van der Waals surface area contributed by atoms with Crippen LogP contribution in [0.25, 0.3) is 0 Å². The molecule has 5 heteroatoms. The molecule has 0 radical (unpaired) electrons. The Morgan fingerprint density at radius 2 is 2.05 bits per heavy atom. The zero-order chi connectivity index (χ0) is 15.2. The topological polar surface area (TPSA) is 55.4 Å². The molecular weight excluding hydrogens is 286 g/mol. The number of ether oxygens (including phenoxy) is 1. The number of hydrogen-bond acceptors (Lipinski definition) is 4. The summed E-state index contributed by atoms with van der Waals surface area (Å²) in [6.45, 7) is 3.60. The highest BCUT2D eigenvalue weighted by Gasteiger charge is 2.10. The minimum Gasteiger partial charge on any atom is -0.455 e. The molecule has 1 heterocycles. The van der Waals surface area contributed by atoms with Crippen molar-refractivity contribution in [1.29, 1.82) is 0 Å². The molecule has 0 saturated carbocycles. The predicted octanol–water partition coefficient (Wildman–Crippen LogP) is 3.09. The van der Waals surface area contributed by atoms with Crippen LogP contribution in [0.3, 0.4) is 0 Å². The molecule has 0 unspecified atom stereocenters. The van der Waals surface area contributed by atoms with E-state index in [4.69, 9.17) is 4.74 Å². The summed E-state index contributed by atoms with van der Waals surface area (Å²) in [6.07, 6.45) is 0.203. The van der Waals surface area contributed by atoms with E-state index >= 15 is 0 Å². The van der Waals surface area contributed by atoms with Crippen LogP contribution in [0.15, 0.2) is 35.7 Å². The number of hydrogen-bond donors (Lipinski definition) is 1. The Labute approximate surface area is 127 Å². The first-order valence-electron chi connectivity index (χ1n) is 6.59. The van der Waals surface area contributed by atoms with Crippen molar-refractivity contribution < 1.29 is 14.3 Å². The van der Waals surface area contributed by atoms with Gasteiger partial charge in [-0.2, -0.15) is 0 Å². The number of carbonyl (C=O) groups is 2. The van der Waals surface area contributed by atoms with Gasteiger partial charge in [0.1, 0.15) is 0 Å². The lowest BCUT2D eigenvalue weighted by atomic mass is 10.1. The molecule has 0 spiro atoms. The van der Waals surface area contributed by atoms with E-state index in [2.05, 4.69) is 5.32 Å². The van der Waals surface area contributed by atoms with Crippen LogP contribution in [0.1, 0.15) is 16.0 Å². The quantitative estimate of drug-likeness (QED) is 0.864. The molecule has 0 aliphatic rings. The monoisotopic (exact) mass is 303 g/mol. The zero-order valence-corrected chi connectivity index (χ0v) is 12.8. The Kier molecular flexibility index (Phi) is 5.11. The summed E-state index contributed by atoms with van der Waals surface area (Å²) in [4.78, 5) is 24.3. The van der Waals surface area contributed by atoms with Crippen molar-refractivity contribution in [1.82, 2.24) is 0 Å². The fraction of sp³-hybridized carbons (Fsp3) is 0.250. The number of aryl methyl sites for hydroxylation is 2. The van der Waals surface area contributed by atoms with Gasteiger partial charge in [-0.15, -0.1) is 11.3 Å². The second-order valence-electron chi connectivity index (χ2n) is 4.78. The minimum absolute atomic E-state index is 0.203. The molecule has 21 heavy (non-hydrogen) atoms. The molecular formula is C16H17NO3S. The molecule has 1 amide bonds. The van der Waals surface area contributed by atoms with Gasteiger partial charge in [0.2, 0.25) is 0 Å². The maximum Gasteiger partial charge on any atom is 0.311 e. The second-order valence-corrected chi connectivity index (χ2v) is 5.82. The van der Waals surface area contributed by atoms with Crippen LogP contribution in [-0.2, 0) is 20.7 Å². The lowest BCUT2D eigenvalue weighted by Gasteiger charge is -2.09. The van der Waals surface area contributed by atoms with E-state index in [-0.39, 0.29) is 18.9 Å². The summed E-state index contributed by atoms with van der Waals surface area (Å²) >= 11 is 1.49. The Bertz CT molecular complexity index is 635. The Hall–Kier alpha value is -2.14. The summed E-state index contributed by atoms with van der Waals surface area (Å²) in [5.74, 6) is -0.725. The SMILES string of the molecule is Cc1ccc(C)c(NC(=O)COC(=O)Cc2cccs2)c1. The lowest BCUT2D eigenvalue weighted by Crippen LogP contribution is -2.22. The van der Waals surface area contributed by atoms with E-state index in [1.54, 1.807) is 0 Å². The standard InChI is InChI=1S/C16H17NO3S/c1-11-5-6-12(2)14(8-11)17-15(18)10-20-16(19)9-13-4-3-7-21-13/h3-8H,9-10H2,1-2H3,(H,17,18). The maximum atomic E-state index is 11.8. The first kappa shape index (κ1) is 15.3. The summed E-state index contributed by atoms with van der Waals surface area (Å²) in [5.41, 5.74) is 2.78. The molecule has 0 fully saturated rings. The average molecular weight is 303 g/mol. The van der Waals surface area contributed by atoms with Crippen molar-refractivity contribution in [2.45, 2.75) is 20.3 Å². The summed E-state index contributed by atoms with van der Waals surface area (Å²) in [6, 6.07) is 9.54. The van der Waals surface area contributed by atoms with Crippen LogP contribution < -0.4 is 5.32 Å². The zero-order valence-electron chi connectivity index (χ0n) is 12.0. The van der Waals surface area contributed by atoms with E-state index in [9.17, 15) is 9.59 Å². The molecule has 1 aromatic carbocycles. The van der Waals surface area contributed by atoms with Gasteiger partial charge in [-0.25, -0.2) is 0 Å². The molecule has 4 nitrogen and oxygen atoms in total. The Morgan fingerprint density at radius 3 is 2.76 bits per heavy atom. The summed E-state index contributed by atoms with van der Waals surface area (Å²) in [5, 5.41) is 4.65. The highest BCUT2D eigenvalue weighted by Crippen LogP contribution is 2.16. The molecule has 0 aliphatic carbocycles. The van der Waals surface area contributed by atoms with Crippen molar-refractivity contribution in [2.24, 2.45) is 0 Å². The third-order valence-electron chi connectivity index (χ3n) is 2.93. The number of amides is 1. The van der Waals surface area contributed by atoms with Crippen LogP contribution >= 0.6 is 11.3 Å². The summed E-state index contributed by atoms with van der Waals surface area (Å²) in [7, 11) is 0. The van der Waals surface area contributed by atoms with Crippen LogP contribution in [0.5, 0.6) is 0 Å². The van der Waals surface area contributed by atoms with E-state index in [1.165, 1.54) is 11.3 Å². The number of benzene rings is 1. The number of anilines is 1. The van der Waals surface area contributed by atoms with Crippen molar-refractivity contribution in [3.63, 3.8) is 0 Å². The molecule has 1 aromatic heterocycles. The summed E-state index contributed by atoms with van der Waals surface area (Å²) < 4.78 is 4.98. The van der Waals surface area contributed by atoms with Crippen LogP contribution in [0, 0.1) is 13.8 Å². The van der Waals surface area contributed by atoms with Crippen molar-refractivity contribution in [3.05, 3.63) is 51.7 Å². The van der Waals surface area contributed by atoms with Crippen LogP contribution in [0.4, 0.5) is 5.69 Å². The van der Waals surface area contributed by atoms with E-state index in [1.807, 2.05) is 49.6 Å². The third-order valence-corrected chi connectivity index (χ3v) is 3.81. The fourth-order valence-corrected chi connectivity index (χ4v) is 2.50. The van der Waals surface area contributed by atoms with Gasteiger partial charge in [-0.3, -0.25) is 9.59 Å². The van der Waals surface area contributed by atoms with Gasteiger partial charge in [0.15, 0.2) is 6.61 Å². The van der Waals surface area contributed by atoms with E-state index in [0.29, 0.717) is 0 Å². The van der Waals surface area contributed by atoms with Gasteiger partial charge in [-0.05, 0) is 42.5 Å². The van der Waals surface area contributed by atoms with Gasteiger partial charge in [0, 0.05) is 10.6 Å². The Balaban J connectivity index is 1.82. The molecule has 0 aliphatic heterocycles. The largest absolute Gasteiger partial charge is 0.455 e. The van der Waals surface area contributed by atoms with Crippen molar-refractivity contribution in [3.8, 4) is 0 Å². The first-order valence-corrected chi connectivity index (χ1v) is 7.47. The number of esters is 1. The van der Waals surface area contributed by atoms with E-state index in [0.717, 1.165) is 21.7 Å². The average Bonchev–Trinajstić information content (AvgIpc) is 2.93. The number of nitrogens with one attached hydrogen (secondary N) is 1. The highest BCUT2D eigenvalue weighted by molar-refractivity contribution is 7.10.